The number of aromatic nitrogens is 1. The number of nitrogens with zero attached hydrogens (tertiary/aromatic N) is 4. The summed E-state index contributed by atoms with van der Waals surface area (Å²) in [5.74, 6) is 0.444. The Bertz CT molecular complexity index is 810. The molecule has 0 atom stereocenters. The van der Waals surface area contributed by atoms with Gasteiger partial charge in [0.05, 0.1) is 12.1 Å². The Morgan fingerprint density at radius 3 is 2.63 bits per heavy atom. The number of benzene rings is 1. The Morgan fingerprint density at radius 1 is 1.19 bits per heavy atom. The molecule has 2 aromatic rings. The van der Waals surface area contributed by atoms with Gasteiger partial charge in [0.15, 0.2) is 0 Å². The molecule has 1 saturated heterocycles. The molecule has 6 nitrogen and oxygen atoms in total. The molecule has 0 spiro atoms. The van der Waals surface area contributed by atoms with Crippen molar-refractivity contribution in [3.05, 3.63) is 59.5 Å². The number of nitriles is 1. The Morgan fingerprint density at radius 2 is 1.93 bits per heavy atom. The zero-order chi connectivity index (χ0) is 19.1. The van der Waals surface area contributed by atoms with Crippen LogP contribution in [0.15, 0.2) is 42.6 Å². The largest absolute Gasteiger partial charge is 0.355 e. The van der Waals surface area contributed by atoms with E-state index in [0.717, 1.165) is 31.7 Å². The molecule has 3 rings (SSSR count). The lowest BCUT2D eigenvalue weighted by Gasteiger charge is -2.35. The maximum absolute atomic E-state index is 12.9. The summed E-state index contributed by atoms with van der Waals surface area (Å²) in [6.45, 7) is 3.83. The molecule has 1 aliphatic heterocycles. The van der Waals surface area contributed by atoms with Crippen LogP contribution >= 0.6 is 0 Å². The highest BCUT2D eigenvalue weighted by atomic mass is 19.1. The van der Waals surface area contributed by atoms with E-state index < -0.39 is 0 Å². The Labute approximate surface area is 158 Å². The summed E-state index contributed by atoms with van der Waals surface area (Å²) in [6, 6.07) is 12.0. The van der Waals surface area contributed by atoms with Crippen molar-refractivity contribution in [2.75, 3.05) is 44.2 Å². The van der Waals surface area contributed by atoms with Crippen LogP contribution in [0.4, 0.5) is 10.2 Å². The van der Waals surface area contributed by atoms with Gasteiger partial charge >= 0.3 is 0 Å². The molecule has 1 aromatic heterocycles. The van der Waals surface area contributed by atoms with Crippen molar-refractivity contribution in [2.45, 2.75) is 6.42 Å². The molecule has 27 heavy (non-hydrogen) atoms. The first-order valence-electron chi connectivity index (χ1n) is 8.99. The molecule has 1 amide bonds. The Kier molecular flexibility index (Phi) is 6.34. The highest BCUT2D eigenvalue weighted by Crippen LogP contribution is 2.17. The fourth-order valence-corrected chi connectivity index (χ4v) is 3.11. The van der Waals surface area contributed by atoms with Crippen LogP contribution in [0, 0.1) is 17.1 Å². The van der Waals surface area contributed by atoms with E-state index in [-0.39, 0.29) is 11.7 Å². The van der Waals surface area contributed by atoms with E-state index in [1.165, 1.54) is 12.1 Å². The molecule has 0 aliphatic carbocycles. The molecule has 0 unspecified atom stereocenters. The van der Waals surface area contributed by atoms with E-state index >= 15 is 0 Å². The van der Waals surface area contributed by atoms with Crippen molar-refractivity contribution in [2.24, 2.45) is 0 Å². The number of halogens is 1. The molecule has 1 N–H and O–H groups in total. The van der Waals surface area contributed by atoms with Crippen molar-refractivity contribution in [1.29, 1.82) is 5.26 Å². The van der Waals surface area contributed by atoms with E-state index in [4.69, 9.17) is 0 Å². The van der Waals surface area contributed by atoms with Gasteiger partial charge in [-0.05, 0) is 36.2 Å². The van der Waals surface area contributed by atoms with Crippen LogP contribution in [-0.4, -0.2) is 55.1 Å². The molecule has 1 aliphatic rings. The molecule has 0 bridgehead atoms. The van der Waals surface area contributed by atoms with Gasteiger partial charge in [0, 0.05) is 38.9 Å². The predicted molar refractivity (Wildman–Crippen MR) is 101 cm³/mol. The van der Waals surface area contributed by atoms with Crippen molar-refractivity contribution in [1.82, 2.24) is 15.2 Å². The van der Waals surface area contributed by atoms with Gasteiger partial charge in [-0.1, -0.05) is 12.1 Å². The topological polar surface area (TPSA) is 72.3 Å². The van der Waals surface area contributed by atoms with Crippen molar-refractivity contribution >= 4 is 11.7 Å². The average Bonchev–Trinajstić information content (AvgIpc) is 2.70. The number of rotatable bonds is 6. The first-order chi connectivity index (χ1) is 13.2. The van der Waals surface area contributed by atoms with Gasteiger partial charge in [0.25, 0.3) is 0 Å². The number of amides is 1. The first-order valence-corrected chi connectivity index (χ1v) is 8.99. The fraction of sp³-hybridized carbons (Fsp3) is 0.350. The summed E-state index contributed by atoms with van der Waals surface area (Å²) in [5.41, 5.74) is 1.57. The number of pyridine rings is 1. The highest BCUT2D eigenvalue weighted by molar-refractivity contribution is 5.78. The van der Waals surface area contributed by atoms with Gasteiger partial charge in [-0.3, -0.25) is 9.69 Å². The summed E-state index contributed by atoms with van der Waals surface area (Å²) in [5, 5.41) is 12.1. The molecule has 1 aromatic carbocycles. The minimum atomic E-state index is -0.255. The molecule has 0 radical (unpaired) electrons. The van der Waals surface area contributed by atoms with Crippen molar-refractivity contribution in [3.8, 4) is 6.07 Å². The second kappa shape index (κ2) is 9.10. The van der Waals surface area contributed by atoms with Crippen molar-refractivity contribution in [3.63, 3.8) is 0 Å². The third-order valence-corrected chi connectivity index (χ3v) is 4.60. The monoisotopic (exact) mass is 367 g/mol. The van der Waals surface area contributed by atoms with E-state index in [0.29, 0.717) is 30.9 Å². The zero-order valence-corrected chi connectivity index (χ0v) is 15.1. The standard InChI is InChI=1S/C20H22FN5O/c21-18-5-3-16(4-6-18)7-9-23-19(27)15-25-10-12-26(13-11-25)20-17(14-22)2-1-8-24-20/h1-6,8H,7,9-13,15H2,(H,23,27). The average molecular weight is 367 g/mol. The van der Waals surface area contributed by atoms with Crippen LogP contribution in [0.5, 0.6) is 0 Å². The van der Waals surface area contributed by atoms with E-state index in [1.807, 2.05) is 0 Å². The van der Waals surface area contributed by atoms with Crippen LogP contribution in [0.2, 0.25) is 0 Å². The van der Waals surface area contributed by atoms with Gasteiger partial charge in [-0.2, -0.15) is 5.26 Å². The summed E-state index contributed by atoms with van der Waals surface area (Å²) >= 11 is 0. The smallest absolute Gasteiger partial charge is 0.234 e. The molecule has 2 heterocycles. The van der Waals surface area contributed by atoms with Gasteiger partial charge in [0.1, 0.15) is 17.7 Å². The predicted octanol–water partition coefficient (Wildman–Crippen LogP) is 1.57. The molecular formula is C20H22FN5O. The minimum Gasteiger partial charge on any atom is -0.355 e. The van der Waals surface area contributed by atoms with Crippen LogP contribution in [0.1, 0.15) is 11.1 Å². The van der Waals surface area contributed by atoms with Crippen LogP contribution < -0.4 is 10.2 Å². The number of piperazine rings is 1. The molecule has 7 heteroatoms. The third kappa shape index (κ3) is 5.25. The van der Waals surface area contributed by atoms with Crippen LogP contribution in [0.25, 0.3) is 0 Å². The fourth-order valence-electron chi connectivity index (χ4n) is 3.11. The third-order valence-electron chi connectivity index (χ3n) is 4.60. The minimum absolute atomic E-state index is 0.0129. The number of carbonyl (C=O) groups is 1. The van der Waals surface area contributed by atoms with Crippen molar-refractivity contribution < 1.29 is 9.18 Å². The second-order valence-electron chi connectivity index (χ2n) is 6.48. The second-order valence-corrected chi connectivity index (χ2v) is 6.48. The zero-order valence-electron chi connectivity index (χ0n) is 15.1. The quantitative estimate of drug-likeness (QED) is 0.839. The number of anilines is 1. The SMILES string of the molecule is N#Cc1cccnc1N1CCN(CC(=O)NCCc2ccc(F)cc2)CC1. The Hall–Kier alpha value is -2.98. The molecule has 1 fully saturated rings. The number of hydrogen-bond donors (Lipinski definition) is 1. The summed E-state index contributed by atoms with van der Waals surface area (Å²) in [7, 11) is 0. The first kappa shape index (κ1) is 18.8. The summed E-state index contributed by atoms with van der Waals surface area (Å²) in [6.07, 6.45) is 2.37. The number of carbonyl (C=O) groups excluding carboxylic acids is 1. The molecular weight excluding hydrogens is 345 g/mol. The lowest BCUT2D eigenvalue weighted by molar-refractivity contribution is -0.122. The molecule has 140 valence electrons. The summed E-state index contributed by atoms with van der Waals surface area (Å²) < 4.78 is 12.9. The molecule has 0 saturated carbocycles. The lowest BCUT2D eigenvalue weighted by atomic mass is 10.1. The number of hydrogen-bond acceptors (Lipinski definition) is 5. The van der Waals surface area contributed by atoms with Gasteiger partial charge in [-0.25, -0.2) is 9.37 Å². The van der Waals surface area contributed by atoms with Crippen LogP contribution in [-0.2, 0) is 11.2 Å². The number of nitrogens with one attached hydrogen (secondary N) is 1. The normalized spacial score (nSPS) is 14.6. The van der Waals surface area contributed by atoms with E-state index in [2.05, 4.69) is 26.2 Å². The Balaban J connectivity index is 1.40. The van der Waals surface area contributed by atoms with E-state index in [9.17, 15) is 14.4 Å². The van der Waals surface area contributed by atoms with E-state index in [1.54, 1.807) is 30.5 Å². The van der Waals surface area contributed by atoms with Gasteiger partial charge in [0.2, 0.25) is 5.91 Å². The van der Waals surface area contributed by atoms with Crippen LogP contribution in [0.3, 0.4) is 0 Å². The van der Waals surface area contributed by atoms with Gasteiger partial charge in [-0.15, -0.1) is 0 Å². The maximum atomic E-state index is 12.9. The van der Waals surface area contributed by atoms with Gasteiger partial charge < -0.3 is 10.2 Å². The maximum Gasteiger partial charge on any atom is 0.234 e. The highest BCUT2D eigenvalue weighted by Gasteiger charge is 2.21. The summed E-state index contributed by atoms with van der Waals surface area (Å²) in [4.78, 5) is 20.6. The lowest BCUT2D eigenvalue weighted by Crippen LogP contribution is -2.50.